The van der Waals surface area contributed by atoms with Crippen LogP contribution in [0, 0.1) is 0 Å². The number of anilines is 1. The SMILES string of the molecule is COc1ccc(C=C(NC(=O)c2cccs2)C(=O)Nc2ccc(Cl)cc2)cc1OC. The van der Waals surface area contributed by atoms with Gasteiger partial charge in [-0.05, 0) is 59.5 Å². The second kappa shape index (κ2) is 9.96. The Bertz CT molecular complexity index is 1060. The van der Waals surface area contributed by atoms with Crippen molar-refractivity contribution in [3.8, 4) is 11.5 Å². The molecule has 6 nitrogen and oxygen atoms in total. The molecular weight excluding hydrogens is 424 g/mol. The maximum Gasteiger partial charge on any atom is 0.272 e. The first-order chi connectivity index (χ1) is 14.5. The fourth-order valence-electron chi connectivity index (χ4n) is 2.59. The Morgan fingerprint density at radius 3 is 2.37 bits per heavy atom. The van der Waals surface area contributed by atoms with E-state index in [0.29, 0.717) is 32.6 Å². The van der Waals surface area contributed by atoms with Crippen molar-refractivity contribution in [1.29, 1.82) is 0 Å². The van der Waals surface area contributed by atoms with Crippen LogP contribution in [-0.4, -0.2) is 26.0 Å². The molecule has 30 heavy (non-hydrogen) atoms. The molecule has 2 amide bonds. The van der Waals surface area contributed by atoms with E-state index in [2.05, 4.69) is 10.6 Å². The largest absolute Gasteiger partial charge is 0.493 e. The van der Waals surface area contributed by atoms with Gasteiger partial charge in [0.2, 0.25) is 0 Å². The summed E-state index contributed by atoms with van der Waals surface area (Å²) in [6, 6.07) is 15.3. The summed E-state index contributed by atoms with van der Waals surface area (Å²) in [6.07, 6.45) is 1.57. The zero-order valence-electron chi connectivity index (χ0n) is 16.3. The number of rotatable bonds is 7. The average molecular weight is 443 g/mol. The van der Waals surface area contributed by atoms with Gasteiger partial charge < -0.3 is 20.1 Å². The van der Waals surface area contributed by atoms with Crippen LogP contribution >= 0.6 is 22.9 Å². The van der Waals surface area contributed by atoms with Gasteiger partial charge >= 0.3 is 0 Å². The third-order valence-corrected chi connectivity index (χ3v) is 5.18. The van der Waals surface area contributed by atoms with Crippen molar-refractivity contribution in [2.24, 2.45) is 0 Å². The average Bonchev–Trinajstić information content (AvgIpc) is 3.30. The number of methoxy groups -OCH3 is 2. The van der Waals surface area contributed by atoms with Crippen molar-refractivity contribution >= 4 is 46.5 Å². The third-order valence-electron chi connectivity index (χ3n) is 4.06. The molecule has 154 valence electrons. The Balaban J connectivity index is 1.91. The molecule has 3 aromatic rings. The highest BCUT2D eigenvalue weighted by atomic mass is 35.5. The summed E-state index contributed by atoms with van der Waals surface area (Å²) in [7, 11) is 3.07. The van der Waals surface area contributed by atoms with E-state index in [1.807, 2.05) is 0 Å². The monoisotopic (exact) mass is 442 g/mol. The molecule has 0 radical (unpaired) electrons. The van der Waals surface area contributed by atoms with Gasteiger partial charge in [-0.1, -0.05) is 23.7 Å². The molecule has 0 fully saturated rings. The molecule has 0 spiro atoms. The summed E-state index contributed by atoms with van der Waals surface area (Å²) >= 11 is 7.18. The number of hydrogen-bond acceptors (Lipinski definition) is 5. The highest BCUT2D eigenvalue weighted by molar-refractivity contribution is 7.12. The quantitative estimate of drug-likeness (QED) is 0.514. The third kappa shape index (κ3) is 5.40. The van der Waals surface area contributed by atoms with E-state index in [1.165, 1.54) is 18.4 Å². The van der Waals surface area contributed by atoms with E-state index in [0.717, 1.165) is 0 Å². The minimum atomic E-state index is -0.475. The molecule has 0 atom stereocenters. The minimum Gasteiger partial charge on any atom is -0.493 e. The van der Waals surface area contributed by atoms with E-state index in [4.69, 9.17) is 21.1 Å². The van der Waals surface area contributed by atoms with Crippen LogP contribution in [0.15, 0.2) is 65.7 Å². The highest BCUT2D eigenvalue weighted by Gasteiger charge is 2.16. The summed E-state index contributed by atoms with van der Waals surface area (Å²) in [5.41, 5.74) is 1.28. The fraction of sp³-hybridized carbons (Fsp3) is 0.0909. The van der Waals surface area contributed by atoms with Gasteiger partial charge in [-0.2, -0.15) is 0 Å². The molecule has 0 unspecified atom stereocenters. The molecule has 1 aromatic heterocycles. The van der Waals surface area contributed by atoms with Gasteiger partial charge in [0.15, 0.2) is 11.5 Å². The van der Waals surface area contributed by atoms with Crippen LogP contribution in [-0.2, 0) is 4.79 Å². The normalized spacial score (nSPS) is 11.0. The van der Waals surface area contributed by atoms with Crippen molar-refractivity contribution in [2.75, 3.05) is 19.5 Å². The molecular formula is C22H19ClN2O4S. The lowest BCUT2D eigenvalue weighted by atomic mass is 10.1. The molecule has 8 heteroatoms. The maximum atomic E-state index is 12.9. The molecule has 0 aliphatic heterocycles. The molecule has 0 saturated carbocycles. The number of halogens is 1. The molecule has 2 N–H and O–H groups in total. The number of nitrogens with one attached hydrogen (secondary N) is 2. The zero-order chi connectivity index (χ0) is 21.5. The van der Waals surface area contributed by atoms with E-state index >= 15 is 0 Å². The summed E-state index contributed by atoms with van der Waals surface area (Å²) in [5.74, 6) is 0.220. The van der Waals surface area contributed by atoms with Crippen LogP contribution in [0.2, 0.25) is 5.02 Å². The van der Waals surface area contributed by atoms with Crippen molar-refractivity contribution in [3.05, 3.63) is 81.1 Å². The first-order valence-corrected chi connectivity index (χ1v) is 10.1. The maximum absolute atomic E-state index is 12.9. The van der Waals surface area contributed by atoms with Gasteiger partial charge in [-0.15, -0.1) is 11.3 Å². The van der Waals surface area contributed by atoms with Crippen LogP contribution in [0.25, 0.3) is 6.08 Å². The number of hydrogen-bond donors (Lipinski definition) is 2. The van der Waals surface area contributed by atoms with Crippen molar-refractivity contribution < 1.29 is 19.1 Å². The van der Waals surface area contributed by atoms with Crippen LogP contribution < -0.4 is 20.1 Å². The van der Waals surface area contributed by atoms with E-state index in [9.17, 15) is 9.59 Å². The second-order valence-electron chi connectivity index (χ2n) is 6.06. The Labute approximate surface area is 183 Å². The predicted octanol–water partition coefficient (Wildman–Crippen LogP) is 4.83. The van der Waals surface area contributed by atoms with Crippen LogP contribution in [0.1, 0.15) is 15.2 Å². The number of carbonyl (C=O) groups is 2. The molecule has 1 heterocycles. The number of thiophene rings is 1. The lowest BCUT2D eigenvalue weighted by Crippen LogP contribution is -2.30. The summed E-state index contributed by atoms with van der Waals surface area (Å²) in [4.78, 5) is 25.9. The van der Waals surface area contributed by atoms with Gasteiger partial charge in [0, 0.05) is 10.7 Å². The standard InChI is InChI=1S/C22H19ClN2O4S/c1-28-18-10-5-14(13-19(18)29-2)12-17(25-22(27)20-4-3-11-30-20)21(26)24-16-8-6-15(23)7-9-16/h3-13H,1-2H3,(H,24,26)(H,25,27). The van der Waals surface area contributed by atoms with Gasteiger partial charge in [0.1, 0.15) is 5.70 Å². The Kier molecular flexibility index (Phi) is 7.11. The predicted molar refractivity (Wildman–Crippen MR) is 119 cm³/mol. The zero-order valence-corrected chi connectivity index (χ0v) is 17.8. The first-order valence-electron chi connectivity index (χ1n) is 8.85. The summed E-state index contributed by atoms with van der Waals surface area (Å²) in [6.45, 7) is 0. The molecule has 0 saturated heterocycles. The second-order valence-corrected chi connectivity index (χ2v) is 7.45. The Morgan fingerprint density at radius 2 is 1.73 bits per heavy atom. The number of carbonyl (C=O) groups excluding carboxylic acids is 2. The first kappa shape index (κ1) is 21.4. The summed E-state index contributed by atoms with van der Waals surface area (Å²) in [5, 5.41) is 7.79. The topological polar surface area (TPSA) is 76.7 Å². The van der Waals surface area contributed by atoms with E-state index < -0.39 is 5.91 Å². The van der Waals surface area contributed by atoms with Crippen molar-refractivity contribution in [3.63, 3.8) is 0 Å². The van der Waals surface area contributed by atoms with Gasteiger partial charge in [0.25, 0.3) is 11.8 Å². The van der Waals surface area contributed by atoms with E-state index in [1.54, 1.807) is 73.2 Å². The minimum absolute atomic E-state index is 0.0792. The molecule has 0 bridgehead atoms. The van der Waals surface area contributed by atoms with Crippen molar-refractivity contribution in [1.82, 2.24) is 5.32 Å². The van der Waals surface area contributed by atoms with Crippen LogP contribution in [0.3, 0.4) is 0 Å². The molecule has 0 aliphatic rings. The Morgan fingerprint density at radius 1 is 1.00 bits per heavy atom. The van der Waals surface area contributed by atoms with E-state index in [-0.39, 0.29) is 11.6 Å². The summed E-state index contributed by atoms with van der Waals surface area (Å²) < 4.78 is 10.6. The van der Waals surface area contributed by atoms with Crippen LogP contribution in [0.5, 0.6) is 11.5 Å². The Hall–Kier alpha value is -3.29. The number of ether oxygens (including phenoxy) is 2. The molecule has 3 rings (SSSR count). The van der Waals surface area contributed by atoms with Crippen LogP contribution in [0.4, 0.5) is 5.69 Å². The molecule has 2 aromatic carbocycles. The lowest BCUT2D eigenvalue weighted by Gasteiger charge is -2.12. The number of amides is 2. The fourth-order valence-corrected chi connectivity index (χ4v) is 3.34. The number of benzene rings is 2. The van der Waals surface area contributed by atoms with Gasteiger partial charge in [-0.3, -0.25) is 9.59 Å². The van der Waals surface area contributed by atoms with Gasteiger partial charge in [-0.25, -0.2) is 0 Å². The van der Waals surface area contributed by atoms with Crippen molar-refractivity contribution in [2.45, 2.75) is 0 Å². The molecule has 0 aliphatic carbocycles. The smallest absolute Gasteiger partial charge is 0.272 e. The van der Waals surface area contributed by atoms with Gasteiger partial charge in [0.05, 0.1) is 19.1 Å². The lowest BCUT2D eigenvalue weighted by molar-refractivity contribution is -0.113. The highest BCUT2D eigenvalue weighted by Crippen LogP contribution is 2.28.